The number of carbonyl (C=O) groups excluding carboxylic acids is 1. The largest absolute Gasteiger partial charge is 0.457 e. The molecule has 2 aromatic rings. The Morgan fingerprint density at radius 3 is 2.50 bits per heavy atom. The van der Waals surface area contributed by atoms with Crippen molar-refractivity contribution in [1.82, 2.24) is 5.06 Å². The number of amides is 1. The zero-order valence-corrected chi connectivity index (χ0v) is 9.69. The molecule has 0 spiro atoms. The molecule has 0 aromatic heterocycles. The van der Waals surface area contributed by atoms with E-state index in [1.165, 1.54) is 0 Å². The Kier molecular flexibility index (Phi) is 3.94. The Hall–Kier alpha value is -2.33. The highest BCUT2D eigenvalue weighted by molar-refractivity contribution is 5.45. The molecule has 0 aliphatic carbocycles. The zero-order valence-electron chi connectivity index (χ0n) is 9.69. The van der Waals surface area contributed by atoms with Gasteiger partial charge in [0.25, 0.3) is 0 Å². The van der Waals surface area contributed by atoms with Crippen LogP contribution in [0.4, 0.5) is 0 Å². The van der Waals surface area contributed by atoms with Gasteiger partial charge in [0.2, 0.25) is 6.41 Å². The summed E-state index contributed by atoms with van der Waals surface area (Å²) in [6.45, 7) is 0.134. The second-order valence-corrected chi connectivity index (χ2v) is 3.77. The maximum absolute atomic E-state index is 10.3. The van der Waals surface area contributed by atoms with Gasteiger partial charge < -0.3 is 4.74 Å². The zero-order chi connectivity index (χ0) is 12.8. The van der Waals surface area contributed by atoms with Crippen LogP contribution in [0, 0.1) is 0 Å². The minimum Gasteiger partial charge on any atom is -0.457 e. The number of hydrogen-bond donors (Lipinski definition) is 1. The number of nitrogens with zero attached hydrogens (tertiary/aromatic N) is 1. The predicted molar refractivity (Wildman–Crippen MR) is 66.4 cm³/mol. The molecule has 0 saturated carbocycles. The molecule has 0 unspecified atom stereocenters. The molecule has 0 atom stereocenters. The van der Waals surface area contributed by atoms with Gasteiger partial charge in [-0.15, -0.1) is 0 Å². The lowest BCUT2D eigenvalue weighted by Gasteiger charge is -2.10. The predicted octanol–water partition coefficient (Wildman–Crippen LogP) is 2.83. The van der Waals surface area contributed by atoms with Crippen molar-refractivity contribution >= 4 is 6.41 Å². The van der Waals surface area contributed by atoms with Crippen molar-refractivity contribution in [1.29, 1.82) is 0 Å². The Labute approximate surface area is 105 Å². The Morgan fingerprint density at radius 2 is 1.78 bits per heavy atom. The number of hydrogen-bond acceptors (Lipinski definition) is 3. The summed E-state index contributed by atoms with van der Waals surface area (Å²) >= 11 is 0. The van der Waals surface area contributed by atoms with Crippen molar-refractivity contribution < 1.29 is 14.7 Å². The van der Waals surface area contributed by atoms with E-state index in [2.05, 4.69) is 0 Å². The molecular weight excluding hydrogens is 230 g/mol. The molecule has 1 N–H and O–H groups in total. The third kappa shape index (κ3) is 3.33. The van der Waals surface area contributed by atoms with E-state index in [4.69, 9.17) is 9.94 Å². The maximum atomic E-state index is 10.3. The van der Waals surface area contributed by atoms with Crippen LogP contribution in [0.1, 0.15) is 5.56 Å². The topological polar surface area (TPSA) is 49.8 Å². The molecule has 4 heteroatoms. The van der Waals surface area contributed by atoms with Crippen molar-refractivity contribution in [3.8, 4) is 11.5 Å². The summed E-state index contributed by atoms with van der Waals surface area (Å²) in [6, 6.07) is 16.6. The van der Waals surface area contributed by atoms with Gasteiger partial charge in [0.05, 0.1) is 6.54 Å². The third-order valence-corrected chi connectivity index (χ3v) is 2.34. The fourth-order valence-corrected chi connectivity index (χ4v) is 1.56. The molecule has 0 heterocycles. The van der Waals surface area contributed by atoms with Crippen molar-refractivity contribution in [2.24, 2.45) is 0 Å². The van der Waals surface area contributed by atoms with Gasteiger partial charge in [-0.2, -0.15) is 0 Å². The van der Waals surface area contributed by atoms with Crippen molar-refractivity contribution in [2.75, 3.05) is 0 Å². The number of benzene rings is 2. The van der Waals surface area contributed by atoms with Crippen molar-refractivity contribution in [2.45, 2.75) is 6.54 Å². The van der Waals surface area contributed by atoms with Gasteiger partial charge in [-0.3, -0.25) is 10.0 Å². The minimum atomic E-state index is 0.134. The maximum Gasteiger partial charge on any atom is 0.233 e. The van der Waals surface area contributed by atoms with Gasteiger partial charge in [-0.1, -0.05) is 30.3 Å². The quantitative estimate of drug-likeness (QED) is 0.499. The molecule has 0 aliphatic rings. The van der Waals surface area contributed by atoms with Crippen molar-refractivity contribution in [3.05, 3.63) is 60.2 Å². The number of ether oxygens (including phenoxy) is 1. The molecule has 0 bridgehead atoms. The summed E-state index contributed by atoms with van der Waals surface area (Å²) in [4.78, 5) is 10.3. The number of rotatable bonds is 5. The Balaban J connectivity index is 2.10. The number of hydroxylamine groups is 2. The first kappa shape index (κ1) is 12.1. The average molecular weight is 243 g/mol. The summed E-state index contributed by atoms with van der Waals surface area (Å²) in [5, 5.41) is 9.70. The van der Waals surface area contributed by atoms with Gasteiger partial charge in [-0.05, 0) is 29.8 Å². The molecule has 0 saturated heterocycles. The van der Waals surface area contributed by atoms with E-state index in [0.29, 0.717) is 17.2 Å². The van der Waals surface area contributed by atoms with E-state index in [1.54, 1.807) is 6.07 Å². The molecule has 2 rings (SSSR count). The molecule has 0 fully saturated rings. The monoisotopic (exact) mass is 243 g/mol. The van der Waals surface area contributed by atoms with Crippen LogP contribution < -0.4 is 4.74 Å². The first-order valence-electron chi connectivity index (χ1n) is 5.50. The average Bonchev–Trinajstić information content (AvgIpc) is 2.40. The lowest BCUT2D eigenvalue weighted by Crippen LogP contribution is -2.15. The van der Waals surface area contributed by atoms with E-state index >= 15 is 0 Å². The molecular formula is C14H13NO3. The van der Waals surface area contributed by atoms with E-state index in [0.717, 1.165) is 11.3 Å². The fraction of sp³-hybridized carbons (Fsp3) is 0.0714. The number of para-hydroxylation sites is 1. The van der Waals surface area contributed by atoms with Crippen LogP contribution in [-0.4, -0.2) is 16.7 Å². The summed E-state index contributed by atoms with van der Waals surface area (Å²) in [7, 11) is 0. The standard InChI is InChI=1S/C14H13NO3/c16-11-15(17)10-12-5-4-8-14(9-12)18-13-6-2-1-3-7-13/h1-9,11,17H,10H2. The summed E-state index contributed by atoms with van der Waals surface area (Å²) in [5.74, 6) is 1.41. The van der Waals surface area contributed by atoms with E-state index in [1.807, 2.05) is 48.5 Å². The summed E-state index contributed by atoms with van der Waals surface area (Å²) in [5.41, 5.74) is 0.790. The van der Waals surface area contributed by atoms with Crippen LogP contribution >= 0.6 is 0 Å². The van der Waals surface area contributed by atoms with Crippen LogP contribution in [0.15, 0.2) is 54.6 Å². The van der Waals surface area contributed by atoms with Crippen LogP contribution in [0.5, 0.6) is 11.5 Å². The molecule has 92 valence electrons. The highest BCUT2D eigenvalue weighted by Crippen LogP contribution is 2.22. The van der Waals surface area contributed by atoms with Gasteiger partial charge >= 0.3 is 0 Å². The van der Waals surface area contributed by atoms with Gasteiger partial charge in [0, 0.05) is 0 Å². The lowest BCUT2D eigenvalue weighted by atomic mass is 10.2. The molecule has 1 amide bonds. The highest BCUT2D eigenvalue weighted by Gasteiger charge is 2.02. The molecule has 0 aliphatic heterocycles. The second-order valence-electron chi connectivity index (χ2n) is 3.77. The Bertz CT molecular complexity index is 513. The lowest BCUT2D eigenvalue weighted by molar-refractivity contribution is -0.152. The van der Waals surface area contributed by atoms with Gasteiger partial charge in [-0.25, -0.2) is 5.06 Å². The summed E-state index contributed by atoms with van der Waals surface area (Å²) in [6.07, 6.45) is 0.366. The van der Waals surface area contributed by atoms with Gasteiger partial charge in [0.15, 0.2) is 0 Å². The summed E-state index contributed by atoms with van der Waals surface area (Å²) < 4.78 is 5.65. The molecule has 18 heavy (non-hydrogen) atoms. The normalized spacial score (nSPS) is 9.83. The van der Waals surface area contributed by atoms with Crippen LogP contribution in [0.25, 0.3) is 0 Å². The highest BCUT2D eigenvalue weighted by atomic mass is 16.5. The van der Waals surface area contributed by atoms with Crippen LogP contribution in [-0.2, 0) is 11.3 Å². The smallest absolute Gasteiger partial charge is 0.233 e. The van der Waals surface area contributed by atoms with Crippen LogP contribution in [0.2, 0.25) is 0 Å². The fourth-order valence-electron chi connectivity index (χ4n) is 1.56. The molecule has 2 aromatic carbocycles. The number of carbonyl (C=O) groups is 1. The molecule has 0 radical (unpaired) electrons. The Morgan fingerprint density at radius 1 is 1.06 bits per heavy atom. The third-order valence-electron chi connectivity index (χ3n) is 2.34. The SMILES string of the molecule is O=CN(O)Cc1cccc(Oc2ccccc2)c1. The van der Waals surface area contributed by atoms with E-state index in [-0.39, 0.29) is 6.54 Å². The second kappa shape index (κ2) is 5.84. The molecule has 4 nitrogen and oxygen atoms in total. The van der Waals surface area contributed by atoms with Gasteiger partial charge in [0.1, 0.15) is 11.5 Å². The van der Waals surface area contributed by atoms with Crippen LogP contribution in [0.3, 0.4) is 0 Å². The van der Waals surface area contributed by atoms with E-state index < -0.39 is 0 Å². The van der Waals surface area contributed by atoms with Crippen molar-refractivity contribution in [3.63, 3.8) is 0 Å². The minimum absolute atomic E-state index is 0.134. The first-order valence-corrected chi connectivity index (χ1v) is 5.50. The van der Waals surface area contributed by atoms with E-state index in [9.17, 15) is 4.79 Å². The first-order chi connectivity index (χ1) is 8.78.